The first-order valence-corrected chi connectivity index (χ1v) is 6.62. The quantitative estimate of drug-likeness (QED) is 0.792. The minimum atomic E-state index is -0.262. The maximum atomic E-state index is 13.0. The first-order valence-electron chi connectivity index (χ1n) is 5.83. The lowest BCUT2D eigenvalue weighted by Crippen LogP contribution is -2.23. The van der Waals surface area contributed by atoms with Crippen molar-refractivity contribution in [3.63, 3.8) is 0 Å². The summed E-state index contributed by atoms with van der Waals surface area (Å²) >= 11 is 3.15. The highest BCUT2D eigenvalue weighted by Crippen LogP contribution is 2.16. The van der Waals surface area contributed by atoms with Crippen LogP contribution in [0.1, 0.15) is 25.8 Å². The van der Waals surface area contributed by atoms with E-state index in [0.717, 1.165) is 18.5 Å². The molecular weight excluding hydrogens is 285 g/mol. The summed E-state index contributed by atoms with van der Waals surface area (Å²) < 4.78 is 13.5. The molecule has 0 aliphatic heterocycles. The van der Waals surface area contributed by atoms with Crippen LogP contribution in [0.15, 0.2) is 22.7 Å². The maximum Gasteiger partial charge on any atom is 0.137 e. The number of aliphatic hydroxyl groups is 1. The molecule has 2 nitrogen and oxygen atoms in total. The van der Waals surface area contributed by atoms with E-state index in [1.165, 1.54) is 6.07 Å². The summed E-state index contributed by atoms with van der Waals surface area (Å²) in [6, 6.07) is 4.97. The lowest BCUT2D eigenvalue weighted by atomic mass is 10.0. The minimum Gasteiger partial charge on any atom is -0.393 e. The predicted molar refractivity (Wildman–Crippen MR) is 71.3 cm³/mol. The molecule has 1 aromatic rings. The number of benzene rings is 1. The van der Waals surface area contributed by atoms with E-state index in [4.69, 9.17) is 0 Å². The summed E-state index contributed by atoms with van der Waals surface area (Å²) in [5.41, 5.74) is 1.03. The second kappa shape index (κ2) is 7.09. The fourth-order valence-corrected chi connectivity index (χ4v) is 1.89. The summed E-state index contributed by atoms with van der Waals surface area (Å²) in [5.74, 6) is 0.0424. The predicted octanol–water partition coefficient (Wildman–Crippen LogP) is 3.08. The molecule has 0 radical (unpaired) electrons. The second-order valence-corrected chi connectivity index (χ2v) is 5.38. The number of hydrogen-bond acceptors (Lipinski definition) is 2. The molecule has 0 aliphatic carbocycles. The van der Waals surface area contributed by atoms with Crippen molar-refractivity contribution < 1.29 is 9.50 Å². The Kier molecular flexibility index (Phi) is 6.09. The Bertz CT molecular complexity index is 357. The van der Waals surface area contributed by atoms with Crippen molar-refractivity contribution in [1.29, 1.82) is 0 Å². The van der Waals surface area contributed by atoms with Crippen molar-refractivity contribution in [1.82, 2.24) is 5.32 Å². The molecule has 0 saturated heterocycles. The molecule has 0 spiro atoms. The molecule has 0 aliphatic rings. The van der Waals surface area contributed by atoms with Crippen molar-refractivity contribution in [2.24, 2.45) is 5.92 Å². The first-order chi connectivity index (χ1) is 8.00. The molecule has 17 heavy (non-hydrogen) atoms. The zero-order chi connectivity index (χ0) is 12.8. The van der Waals surface area contributed by atoms with E-state index in [9.17, 15) is 9.50 Å². The number of halogens is 2. The zero-order valence-corrected chi connectivity index (χ0v) is 11.8. The Morgan fingerprint density at radius 3 is 2.71 bits per heavy atom. The fraction of sp³-hybridized carbons (Fsp3) is 0.538. The van der Waals surface area contributed by atoms with Crippen LogP contribution in [-0.2, 0) is 6.54 Å². The number of rotatable bonds is 6. The minimum absolute atomic E-state index is 0.246. The van der Waals surface area contributed by atoms with Crippen molar-refractivity contribution >= 4 is 15.9 Å². The van der Waals surface area contributed by atoms with Gasteiger partial charge in [0, 0.05) is 6.54 Å². The molecule has 1 atom stereocenters. The summed E-state index contributed by atoms with van der Waals surface area (Å²) in [6.07, 6.45) is 0.475. The van der Waals surface area contributed by atoms with Gasteiger partial charge < -0.3 is 10.4 Å². The Labute approximate surface area is 110 Å². The average Bonchev–Trinajstić information content (AvgIpc) is 2.28. The van der Waals surface area contributed by atoms with Crippen LogP contribution < -0.4 is 5.32 Å². The van der Waals surface area contributed by atoms with Crippen LogP contribution in [-0.4, -0.2) is 17.8 Å². The van der Waals surface area contributed by atoms with Crippen LogP contribution in [0.25, 0.3) is 0 Å². The van der Waals surface area contributed by atoms with Gasteiger partial charge in [0.2, 0.25) is 0 Å². The van der Waals surface area contributed by atoms with Crippen LogP contribution in [0.5, 0.6) is 0 Å². The van der Waals surface area contributed by atoms with E-state index in [1.54, 1.807) is 12.1 Å². The monoisotopic (exact) mass is 303 g/mol. The van der Waals surface area contributed by atoms with Gasteiger partial charge in [-0.15, -0.1) is 0 Å². The van der Waals surface area contributed by atoms with Gasteiger partial charge in [0.25, 0.3) is 0 Å². The summed E-state index contributed by atoms with van der Waals surface area (Å²) in [6.45, 7) is 5.45. The molecule has 0 bridgehead atoms. The number of aliphatic hydroxyl groups excluding tert-OH is 1. The van der Waals surface area contributed by atoms with E-state index in [1.807, 2.05) is 13.8 Å². The van der Waals surface area contributed by atoms with Crippen molar-refractivity contribution in [3.05, 3.63) is 34.1 Å². The smallest absolute Gasteiger partial charge is 0.137 e. The summed E-state index contributed by atoms with van der Waals surface area (Å²) in [4.78, 5) is 0. The van der Waals surface area contributed by atoms with E-state index in [0.29, 0.717) is 11.0 Å². The van der Waals surface area contributed by atoms with Gasteiger partial charge in [0.1, 0.15) is 5.82 Å². The van der Waals surface area contributed by atoms with Gasteiger partial charge >= 0.3 is 0 Å². The van der Waals surface area contributed by atoms with Crippen LogP contribution in [0.4, 0.5) is 4.39 Å². The first kappa shape index (κ1) is 14.6. The third-order valence-corrected chi connectivity index (χ3v) is 3.31. The van der Waals surface area contributed by atoms with Gasteiger partial charge in [-0.1, -0.05) is 19.9 Å². The molecule has 0 aromatic heterocycles. The topological polar surface area (TPSA) is 32.3 Å². The molecule has 1 unspecified atom stereocenters. The normalized spacial score (nSPS) is 13.1. The van der Waals surface area contributed by atoms with Gasteiger partial charge in [-0.05, 0) is 52.5 Å². The van der Waals surface area contributed by atoms with Gasteiger partial charge in [-0.2, -0.15) is 0 Å². The highest BCUT2D eigenvalue weighted by molar-refractivity contribution is 9.10. The average molecular weight is 304 g/mol. The maximum absolute atomic E-state index is 13.0. The molecule has 4 heteroatoms. The molecule has 0 amide bonds. The number of hydrogen-bond donors (Lipinski definition) is 2. The SMILES string of the molecule is CC(C)C(O)CCNCc1ccc(F)c(Br)c1. The molecule has 1 rings (SSSR count). The van der Waals surface area contributed by atoms with E-state index < -0.39 is 0 Å². The van der Waals surface area contributed by atoms with Crippen molar-refractivity contribution in [3.8, 4) is 0 Å². The lowest BCUT2D eigenvalue weighted by molar-refractivity contribution is 0.116. The van der Waals surface area contributed by atoms with Gasteiger partial charge in [-0.25, -0.2) is 4.39 Å². The van der Waals surface area contributed by atoms with Crippen LogP contribution in [0.2, 0.25) is 0 Å². The van der Waals surface area contributed by atoms with Crippen LogP contribution >= 0.6 is 15.9 Å². The Hall–Kier alpha value is -0.450. The standard InChI is InChI=1S/C13H19BrFNO/c1-9(2)13(17)5-6-16-8-10-3-4-12(15)11(14)7-10/h3-4,7,9,13,16-17H,5-6,8H2,1-2H3. The molecule has 0 saturated carbocycles. The Morgan fingerprint density at radius 2 is 2.12 bits per heavy atom. The third-order valence-electron chi connectivity index (χ3n) is 2.70. The molecule has 96 valence electrons. The molecular formula is C13H19BrFNO. The summed E-state index contributed by atoms with van der Waals surface area (Å²) in [5, 5.41) is 12.8. The van der Waals surface area contributed by atoms with Gasteiger partial charge in [0.15, 0.2) is 0 Å². The third kappa shape index (κ3) is 5.15. The van der Waals surface area contributed by atoms with E-state index in [2.05, 4.69) is 21.2 Å². The highest BCUT2D eigenvalue weighted by Gasteiger charge is 2.08. The van der Waals surface area contributed by atoms with Crippen LogP contribution in [0, 0.1) is 11.7 Å². The second-order valence-electron chi connectivity index (χ2n) is 4.53. The van der Waals surface area contributed by atoms with Crippen molar-refractivity contribution in [2.75, 3.05) is 6.54 Å². The lowest BCUT2D eigenvalue weighted by Gasteiger charge is -2.14. The number of nitrogens with one attached hydrogen (secondary N) is 1. The van der Waals surface area contributed by atoms with Crippen molar-refractivity contribution in [2.45, 2.75) is 32.9 Å². The molecule has 2 N–H and O–H groups in total. The Balaban J connectivity index is 2.29. The summed E-state index contributed by atoms with van der Waals surface area (Å²) in [7, 11) is 0. The molecule has 0 fully saturated rings. The van der Waals surface area contributed by atoms with E-state index >= 15 is 0 Å². The zero-order valence-electron chi connectivity index (χ0n) is 10.2. The largest absolute Gasteiger partial charge is 0.393 e. The molecule has 1 aromatic carbocycles. The van der Waals surface area contributed by atoms with Crippen LogP contribution in [0.3, 0.4) is 0 Å². The fourth-order valence-electron chi connectivity index (χ4n) is 1.47. The van der Waals surface area contributed by atoms with Gasteiger partial charge in [-0.3, -0.25) is 0 Å². The molecule has 0 heterocycles. The highest BCUT2D eigenvalue weighted by atomic mass is 79.9. The Morgan fingerprint density at radius 1 is 1.41 bits per heavy atom. The van der Waals surface area contributed by atoms with Gasteiger partial charge in [0.05, 0.1) is 10.6 Å². The van der Waals surface area contributed by atoms with E-state index in [-0.39, 0.29) is 17.8 Å².